The number of esters is 2. The Labute approximate surface area is 307 Å². The van der Waals surface area contributed by atoms with E-state index in [0.29, 0.717) is 56.3 Å². The number of nitrogen functional groups attached to an aromatic ring is 1. The largest absolute Gasteiger partial charge is 0.465 e. The van der Waals surface area contributed by atoms with E-state index >= 15 is 0 Å². The number of fused-ring (bicyclic) bond motifs is 2. The first-order valence-corrected chi connectivity index (χ1v) is 14.9. The SMILES string of the molecule is C.COC(=O)c1ccnc(Cc2cc(N)c3ncc(Cl)cc3c2)c1.COC(=O)c1ccnc(Cc2cc([N+](=O)[O-])c3ncc(Cl)cc3c2)c1.[Fe]. The Morgan fingerprint density at radius 1 is 0.740 bits per heavy atom. The number of nitro groups is 1. The van der Waals surface area contributed by atoms with Gasteiger partial charge in [0.25, 0.3) is 5.69 Å². The molecule has 0 fully saturated rings. The number of carbonyl (C=O) groups excluding carboxylic acids is 2. The van der Waals surface area contributed by atoms with E-state index in [1.165, 1.54) is 32.7 Å². The van der Waals surface area contributed by atoms with Crippen molar-refractivity contribution in [2.24, 2.45) is 0 Å². The number of hydrogen-bond donors (Lipinski definition) is 1. The monoisotopic (exact) mass is 756 g/mol. The molecular formula is C35H30Cl2FeN6O6. The second-order valence-electron chi connectivity index (χ2n) is 10.4. The van der Waals surface area contributed by atoms with Crippen LogP contribution >= 0.6 is 23.2 Å². The van der Waals surface area contributed by atoms with Crippen LogP contribution in [0.15, 0.2) is 85.5 Å². The van der Waals surface area contributed by atoms with Crippen molar-refractivity contribution in [1.29, 1.82) is 0 Å². The Kier molecular flexibility index (Phi) is 13.7. The molecule has 0 radical (unpaired) electrons. The van der Waals surface area contributed by atoms with E-state index in [2.05, 4.69) is 24.7 Å². The molecule has 4 heterocycles. The van der Waals surface area contributed by atoms with Crippen LogP contribution in [0, 0.1) is 10.1 Å². The van der Waals surface area contributed by atoms with Crippen molar-refractivity contribution < 1.29 is 41.1 Å². The number of methoxy groups -OCH3 is 2. The quantitative estimate of drug-likeness (QED) is 0.0564. The van der Waals surface area contributed by atoms with Gasteiger partial charge in [0.05, 0.1) is 51.5 Å². The molecule has 258 valence electrons. The van der Waals surface area contributed by atoms with Gasteiger partial charge in [0.15, 0.2) is 0 Å². The smallest absolute Gasteiger partial charge is 0.337 e. The second kappa shape index (κ2) is 17.5. The molecule has 0 atom stereocenters. The Morgan fingerprint density at radius 2 is 1.20 bits per heavy atom. The van der Waals surface area contributed by atoms with Gasteiger partial charge in [0, 0.05) is 82.9 Å². The van der Waals surface area contributed by atoms with E-state index in [1.54, 1.807) is 48.8 Å². The van der Waals surface area contributed by atoms with E-state index in [-0.39, 0.29) is 41.7 Å². The standard InChI is InChI=1S/C17H12ClN3O4.C17H14ClN3O2.CH4.Fe/c1-25-17(22)11-2-3-19-14(8-11)5-10-4-12-7-13(18)9-20-16(12)15(6-10)21(23)24;1-23-17(22)11-2-3-20-14(8-11)5-10-4-12-7-13(18)9-21-16(12)15(19)6-10;;/h2-4,6-9H,5H2,1H3;2-4,6-9H,5,19H2,1H3;1H4;. The van der Waals surface area contributed by atoms with Crippen LogP contribution in [0.3, 0.4) is 0 Å². The third kappa shape index (κ3) is 9.48. The first-order valence-electron chi connectivity index (χ1n) is 14.2. The van der Waals surface area contributed by atoms with Gasteiger partial charge in [-0.3, -0.25) is 25.1 Å². The Morgan fingerprint density at radius 3 is 1.68 bits per heavy atom. The Hall–Kier alpha value is -5.20. The van der Waals surface area contributed by atoms with Crippen molar-refractivity contribution >= 4 is 68.3 Å². The van der Waals surface area contributed by atoms with Gasteiger partial charge in [0.1, 0.15) is 5.52 Å². The van der Waals surface area contributed by atoms with Crippen molar-refractivity contribution in [3.63, 3.8) is 0 Å². The van der Waals surface area contributed by atoms with Gasteiger partial charge < -0.3 is 15.2 Å². The first kappa shape index (κ1) is 39.2. The zero-order chi connectivity index (χ0) is 34.4. The van der Waals surface area contributed by atoms with E-state index in [9.17, 15) is 19.7 Å². The van der Waals surface area contributed by atoms with Gasteiger partial charge >= 0.3 is 11.9 Å². The first-order chi connectivity index (χ1) is 23.0. The number of hydrogen-bond acceptors (Lipinski definition) is 11. The van der Waals surface area contributed by atoms with Crippen LogP contribution in [-0.4, -0.2) is 51.0 Å². The molecule has 2 N–H and O–H groups in total. The fraction of sp³-hybridized carbons (Fsp3) is 0.143. The van der Waals surface area contributed by atoms with Crippen molar-refractivity contribution in [2.75, 3.05) is 20.0 Å². The number of anilines is 1. The molecule has 2 aromatic carbocycles. The maximum absolute atomic E-state index is 11.6. The number of aromatic nitrogens is 4. The summed E-state index contributed by atoms with van der Waals surface area (Å²) in [6, 6.07) is 17.0. The number of carbonyl (C=O) groups is 2. The molecule has 0 aliphatic rings. The summed E-state index contributed by atoms with van der Waals surface area (Å²) in [7, 11) is 2.65. The number of ether oxygens (including phenoxy) is 2. The van der Waals surface area contributed by atoms with Crippen LogP contribution < -0.4 is 5.73 Å². The summed E-state index contributed by atoms with van der Waals surface area (Å²) >= 11 is 11.9. The number of rotatable bonds is 7. The topological polar surface area (TPSA) is 173 Å². The summed E-state index contributed by atoms with van der Waals surface area (Å²) in [4.78, 5) is 50.8. The minimum Gasteiger partial charge on any atom is -0.465 e. The van der Waals surface area contributed by atoms with E-state index in [4.69, 9.17) is 33.7 Å². The summed E-state index contributed by atoms with van der Waals surface area (Å²) < 4.78 is 9.41. The molecule has 50 heavy (non-hydrogen) atoms. The third-order valence-corrected chi connectivity index (χ3v) is 7.48. The molecule has 0 unspecified atom stereocenters. The van der Waals surface area contributed by atoms with Gasteiger partial charge in [-0.2, -0.15) is 0 Å². The average Bonchev–Trinajstić information content (AvgIpc) is 3.07. The van der Waals surface area contributed by atoms with E-state index in [1.807, 2.05) is 18.2 Å². The maximum atomic E-state index is 11.6. The van der Waals surface area contributed by atoms with Crippen LogP contribution in [0.4, 0.5) is 11.4 Å². The molecule has 0 bridgehead atoms. The maximum Gasteiger partial charge on any atom is 0.337 e. The average molecular weight is 757 g/mol. The molecule has 0 spiro atoms. The molecule has 0 amide bonds. The fourth-order valence-electron chi connectivity index (χ4n) is 4.98. The van der Waals surface area contributed by atoms with E-state index < -0.39 is 10.9 Å². The minimum absolute atomic E-state index is 0. The number of non-ortho nitro benzene ring substituents is 1. The molecule has 4 aromatic heterocycles. The zero-order valence-electron chi connectivity index (χ0n) is 25.9. The van der Waals surface area contributed by atoms with E-state index in [0.717, 1.165) is 22.2 Å². The number of benzene rings is 2. The normalized spacial score (nSPS) is 10.2. The van der Waals surface area contributed by atoms with Gasteiger partial charge in [-0.15, -0.1) is 0 Å². The van der Waals surface area contributed by atoms with Crippen molar-refractivity contribution in [1.82, 2.24) is 19.9 Å². The van der Waals surface area contributed by atoms with Crippen LogP contribution in [0.25, 0.3) is 21.8 Å². The summed E-state index contributed by atoms with van der Waals surface area (Å²) in [5.41, 5.74) is 11.3. The van der Waals surface area contributed by atoms with Crippen LogP contribution in [0.2, 0.25) is 10.0 Å². The number of halogens is 2. The summed E-state index contributed by atoms with van der Waals surface area (Å²) in [5, 5.41) is 13.7. The second-order valence-corrected chi connectivity index (χ2v) is 11.3. The summed E-state index contributed by atoms with van der Waals surface area (Å²) in [6.07, 6.45) is 6.88. The molecule has 0 aliphatic carbocycles. The van der Waals surface area contributed by atoms with Gasteiger partial charge in [-0.1, -0.05) is 30.6 Å². The van der Waals surface area contributed by atoms with Crippen molar-refractivity contribution in [3.05, 3.63) is 139 Å². The van der Waals surface area contributed by atoms with Gasteiger partial charge in [-0.25, -0.2) is 14.6 Å². The summed E-state index contributed by atoms with van der Waals surface area (Å²) in [6.45, 7) is 0. The number of pyridine rings is 4. The molecule has 0 aliphatic heterocycles. The molecule has 15 heteroatoms. The van der Waals surface area contributed by atoms with Gasteiger partial charge in [0.2, 0.25) is 0 Å². The molecule has 0 saturated carbocycles. The molecule has 6 aromatic rings. The molecule has 0 saturated heterocycles. The number of nitrogens with zero attached hydrogens (tertiary/aromatic N) is 5. The molecule has 12 nitrogen and oxygen atoms in total. The minimum atomic E-state index is -0.481. The van der Waals surface area contributed by atoms with Crippen molar-refractivity contribution in [2.45, 2.75) is 20.3 Å². The number of nitro benzene ring substituents is 1. The van der Waals surface area contributed by atoms with Gasteiger partial charge in [-0.05, 0) is 65.7 Å². The van der Waals surface area contributed by atoms with Crippen LogP contribution in [0.1, 0.15) is 50.7 Å². The Balaban J connectivity index is 0.000000261. The molecule has 6 rings (SSSR count). The number of nitrogens with two attached hydrogens (primary N) is 1. The Bertz CT molecular complexity index is 2200. The summed E-state index contributed by atoms with van der Waals surface area (Å²) in [5.74, 6) is -0.855. The van der Waals surface area contributed by atoms with Crippen molar-refractivity contribution in [3.8, 4) is 0 Å². The predicted molar refractivity (Wildman–Crippen MR) is 188 cm³/mol. The predicted octanol–water partition coefficient (Wildman–Crippen LogP) is 7.45. The van der Waals surface area contributed by atoms with Crippen LogP contribution in [0.5, 0.6) is 0 Å². The third-order valence-electron chi connectivity index (χ3n) is 7.07. The fourth-order valence-corrected chi connectivity index (χ4v) is 5.31. The van der Waals surface area contributed by atoms with Crippen LogP contribution in [-0.2, 0) is 39.4 Å². The molecular weight excluding hydrogens is 727 g/mol. The zero-order valence-corrected chi connectivity index (χ0v) is 28.5.